The molecule has 0 unspecified atom stereocenters. The molecule has 4 nitrogen and oxygen atoms in total. The third-order valence-corrected chi connectivity index (χ3v) is 3.18. The van der Waals surface area contributed by atoms with Gasteiger partial charge in [-0.05, 0) is 19.4 Å². The Morgan fingerprint density at radius 3 is 3.00 bits per heavy atom. The van der Waals surface area contributed by atoms with Crippen molar-refractivity contribution in [2.75, 3.05) is 24.5 Å². The van der Waals surface area contributed by atoms with Crippen LogP contribution in [0.5, 0.6) is 0 Å². The number of hydrogen-bond acceptors (Lipinski definition) is 3. The van der Waals surface area contributed by atoms with Crippen molar-refractivity contribution >= 4 is 5.69 Å². The van der Waals surface area contributed by atoms with Crippen LogP contribution in [-0.4, -0.2) is 30.2 Å². The molecule has 1 N–H and O–H groups in total. The van der Waals surface area contributed by atoms with Gasteiger partial charge in [0.25, 0.3) is 5.56 Å². The Kier molecular flexibility index (Phi) is 3.84. The van der Waals surface area contributed by atoms with Crippen LogP contribution in [0.1, 0.15) is 20.3 Å². The summed E-state index contributed by atoms with van der Waals surface area (Å²) in [4.78, 5) is 14.2. The number of pyridine rings is 1. The summed E-state index contributed by atoms with van der Waals surface area (Å²) in [6, 6.07) is 4.30. The molecule has 0 aromatic carbocycles. The fourth-order valence-electron chi connectivity index (χ4n) is 2.29. The van der Waals surface area contributed by atoms with Crippen LogP contribution >= 0.6 is 0 Å². The predicted molar refractivity (Wildman–Crippen MR) is 70.7 cm³/mol. The molecule has 1 aliphatic heterocycles. The molecule has 0 saturated carbocycles. The zero-order valence-corrected chi connectivity index (χ0v) is 10.6. The Hall–Kier alpha value is -1.29. The lowest BCUT2D eigenvalue weighted by Crippen LogP contribution is -2.49. The number of anilines is 1. The maximum atomic E-state index is 11.9. The summed E-state index contributed by atoms with van der Waals surface area (Å²) in [6.45, 7) is 7.98. The van der Waals surface area contributed by atoms with E-state index < -0.39 is 0 Å². The molecule has 0 spiro atoms. The molecule has 4 heteroatoms. The highest BCUT2D eigenvalue weighted by Crippen LogP contribution is 2.13. The van der Waals surface area contributed by atoms with Crippen LogP contribution < -0.4 is 15.8 Å². The van der Waals surface area contributed by atoms with Crippen LogP contribution in [0.2, 0.25) is 0 Å². The van der Waals surface area contributed by atoms with Crippen LogP contribution in [-0.2, 0) is 6.54 Å². The van der Waals surface area contributed by atoms with Crippen molar-refractivity contribution in [3.05, 3.63) is 28.7 Å². The molecule has 1 fully saturated rings. The fraction of sp³-hybridized carbons (Fsp3) is 0.615. The summed E-state index contributed by atoms with van der Waals surface area (Å²) in [7, 11) is 0. The Bertz CT molecular complexity index is 427. The van der Waals surface area contributed by atoms with Gasteiger partial charge in [-0.3, -0.25) is 4.79 Å². The van der Waals surface area contributed by atoms with Gasteiger partial charge in [0, 0.05) is 50.2 Å². The van der Waals surface area contributed by atoms with Gasteiger partial charge in [-0.15, -0.1) is 0 Å². The van der Waals surface area contributed by atoms with Crippen LogP contribution in [0.25, 0.3) is 0 Å². The van der Waals surface area contributed by atoms with Gasteiger partial charge in [-0.1, -0.05) is 6.92 Å². The van der Waals surface area contributed by atoms with Crippen molar-refractivity contribution in [1.29, 1.82) is 0 Å². The highest BCUT2D eigenvalue weighted by atomic mass is 16.1. The number of hydrogen-bond donors (Lipinski definition) is 1. The summed E-state index contributed by atoms with van der Waals surface area (Å²) in [6.07, 6.45) is 2.90. The number of nitrogens with one attached hydrogen (secondary N) is 1. The van der Waals surface area contributed by atoms with Gasteiger partial charge in [0.1, 0.15) is 0 Å². The van der Waals surface area contributed by atoms with Crippen molar-refractivity contribution in [2.24, 2.45) is 0 Å². The number of aromatic nitrogens is 1. The second-order valence-electron chi connectivity index (χ2n) is 4.72. The molecule has 0 amide bonds. The zero-order chi connectivity index (χ0) is 12.3. The monoisotopic (exact) mass is 235 g/mol. The van der Waals surface area contributed by atoms with Crippen LogP contribution in [0, 0.1) is 0 Å². The van der Waals surface area contributed by atoms with E-state index in [4.69, 9.17) is 0 Å². The van der Waals surface area contributed by atoms with E-state index >= 15 is 0 Å². The van der Waals surface area contributed by atoms with Gasteiger partial charge in [0.15, 0.2) is 0 Å². The molecule has 0 radical (unpaired) electrons. The van der Waals surface area contributed by atoms with Crippen LogP contribution in [0.15, 0.2) is 23.1 Å². The third-order valence-electron chi connectivity index (χ3n) is 3.18. The van der Waals surface area contributed by atoms with E-state index in [0.29, 0.717) is 6.04 Å². The first-order chi connectivity index (χ1) is 8.20. The van der Waals surface area contributed by atoms with E-state index in [2.05, 4.69) is 30.1 Å². The summed E-state index contributed by atoms with van der Waals surface area (Å²) in [5, 5.41) is 3.40. The minimum absolute atomic E-state index is 0.107. The van der Waals surface area contributed by atoms with Gasteiger partial charge in [-0.25, -0.2) is 0 Å². The van der Waals surface area contributed by atoms with E-state index in [1.807, 2.05) is 6.20 Å². The van der Waals surface area contributed by atoms with E-state index in [9.17, 15) is 4.79 Å². The molecule has 1 aromatic rings. The Morgan fingerprint density at radius 2 is 2.35 bits per heavy atom. The van der Waals surface area contributed by atoms with E-state index in [0.717, 1.165) is 38.3 Å². The SMILES string of the molecule is CCCn1ccc(N2CCN[C@H](C)C2)cc1=O. The maximum absolute atomic E-state index is 11.9. The molecule has 1 saturated heterocycles. The van der Waals surface area contributed by atoms with Gasteiger partial charge in [0.05, 0.1) is 0 Å². The molecular weight excluding hydrogens is 214 g/mol. The lowest BCUT2D eigenvalue weighted by molar-refractivity contribution is 0.484. The van der Waals surface area contributed by atoms with Crippen molar-refractivity contribution in [1.82, 2.24) is 9.88 Å². The van der Waals surface area contributed by atoms with Crippen LogP contribution in [0.3, 0.4) is 0 Å². The first kappa shape index (κ1) is 12.2. The van der Waals surface area contributed by atoms with Crippen molar-refractivity contribution in [3.63, 3.8) is 0 Å². The Balaban J connectivity index is 2.16. The summed E-state index contributed by atoms with van der Waals surface area (Å²) < 4.78 is 1.77. The molecule has 0 aliphatic carbocycles. The molecule has 1 aromatic heterocycles. The smallest absolute Gasteiger partial charge is 0.252 e. The highest BCUT2D eigenvalue weighted by Gasteiger charge is 2.16. The van der Waals surface area contributed by atoms with Crippen molar-refractivity contribution in [3.8, 4) is 0 Å². The van der Waals surface area contributed by atoms with Crippen molar-refractivity contribution in [2.45, 2.75) is 32.9 Å². The van der Waals surface area contributed by atoms with Gasteiger partial charge in [-0.2, -0.15) is 0 Å². The van der Waals surface area contributed by atoms with Gasteiger partial charge >= 0.3 is 0 Å². The molecule has 2 rings (SSSR count). The topological polar surface area (TPSA) is 37.3 Å². The number of rotatable bonds is 3. The van der Waals surface area contributed by atoms with E-state index in [1.54, 1.807) is 10.6 Å². The number of piperazine rings is 1. The zero-order valence-electron chi connectivity index (χ0n) is 10.6. The normalized spacial score (nSPS) is 20.6. The Labute approximate surface area is 102 Å². The molecular formula is C13H21N3O. The lowest BCUT2D eigenvalue weighted by Gasteiger charge is -2.33. The maximum Gasteiger partial charge on any atom is 0.252 e. The molecule has 1 atom stereocenters. The fourth-order valence-corrected chi connectivity index (χ4v) is 2.29. The minimum atomic E-state index is 0.107. The molecule has 94 valence electrons. The molecule has 2 heterocycles. The largest absolute Gasteiger partial charge is 0.369 e. The van der Waals surface area contributed by atoms with E-state index in [-0.39, 0.29) is 5.56 Å². The number of nitrogens with zero attached hydrogens (tertiary/aromatic N) is 2. The van der Waals surface area contributed by atoms with Crippen molar-refractivity contribution < 1.29 is 0 Å². The second kappa shape index (κ2) is 5.36. The standard InChI is InChI=1S/C13H21N3O/c1-3-6-15-7-4-12(9-13(15)17)16-8-5-14-11(2)10-16/h4,7,9,11,14H,3,5-6,8,10H2,1-2H3/t11-/m1/s1. The second-order valence-corrected chi connectivity index (χ2v) is 4.72. The molecule has 0 bridgehead atoms. The minimum Gasteiger partial charge on any atom is -0.369 e. The van der Waals surface area contributed by atoms with Gasteiger partial charge < -0.3 is 14.8 Å². The summed E-state index contributed by atoms with van der Waals surface area (Å²) in [5.41, 5.74) is 1.16. The molecule has 17 heavy (non-hydrogen) atoms. The average Bonchev–Trinajstić information content (AvgIpc) is 2.32. The predicted octanol–water partition coefficient (Wildman–Crippen LogP) is 1.06. The Morgan fingerprint density at radius 1 is 1.53 bits per heavy atom. The average molecular weight is 235 g/mol. The number of aryl methyl sites for hydroxylation is 1. The quantitative estimate of drug-likeness (QED) is 0.851. The third kappa shape index (κ3) is 2.88. The van der Waals surface area contributed by atoms with Gasteiger partial charge in [0.2, 0.25) is 0 Å². The highest BCUT2D eigenvalue weighted by molar-refractivity contribution is 5.45. The first-order valence-corrected chi connectivity index (χ1v) is 6.39. The van der Waals surface area contributed by atoms with E-state index in [1.165, 1.54) is 0 Å². The summed E-state index contributed by atoms with van der Waals surface area (Å²) in [5.74, 6) is 0. The lowest BCUT2D eigenvalue weighted by atomic mass is 10.2. The first-order valence-electron chi connectivity index (χ1n) is 6.39. The summed E-state index contributed by atoms with van der Waals surface area (Å²) >= 11 is 0. The molecule has 1 aliphatic rings. The van der Waals surface area contributed by atoms with Crippen LogP contribution in [0.4, 0.5) is 5.69 Å².